The molecule has 0 bridgehead atoms. The molecule has 20 heavy (non-hydrogen) atoms. The third-order valence-electron chi connectivity index (χ3n) is 4.26. The van der Waals surface area contributed by atoms with Crippen molar-refractivity contribution in [1.29, 1.82) is 0 Å². The van der Waals surface area contributed by atoms with Crippen LogP contribution >= 0.6 is 0 Å². The first-order chi connectivity index (χ1) is 9.43. The Kier molecular flexibility index (Phi) is 4.42. The molecule has 2 heteroatoms. The number of rotatable bonds is 5. The van der Waals surface area contributed by atoms with Gasteiger partial charge in [0.2, 0.25) is 0 Å². The Morgan fingerprint density at radius 3 is 2.55 bits per heavy atom. The number of likely N-dealkylation sites (tertiary alicyclic amines) is 1. The van der Waals surface area contributed by atoms with Gasteiger partial charge in [-0.05, 0) is 54.0 Å². The molecule has 0 radical (unpaired) electrons. The molecular weight excluding hydrogens is 246 g/mol. The predicted molar refractivity (Wildman–Crippen MR) is 85.8 cm³/mol. The Balaban J connectivity index is 2.03. The van der Waals surface area contributed by atoms with Gasteiger partial charge in [0, 0.05) is 18.8 Å². The van der Waals surface area contributed by atoms with E-state index in [0.717, 1.165) is 30.5 Å². The molecule has 1 unspecified atom stereocenters. The van der Waals surface area contributed by atoms with Crippen LogP contribution in [0.2, 0.25) is 0 Å². The van der Waals surface area contributed by atoms with E-state index < -0.39 is 0 Å². The zero-order chi connectivity index (χ0) is 14.8. The van der Waals surface area contributed by atoms with Gasteiger partial charge >= 0.3 is 0 Å². The number of hydrogen-bond acceptors (Lipinski definition) is 2. The molecule has 1 atom stereocenters. The van der Waals surface area contributed by atoms with E-state index in [0.29, 0.717) is 5.41 Å². The van der Waals surface area contributed by atoms with Gasteiger partial charge in [-0.15, -0.1) is 0 Å². The molecule has 1 aromatic rings. The monoisotopic (exact) mass is 273 g/mol. The highest BCUT2D eigenvalue weighted by atomic mass is 16.5. The molecular formula is C18H27NO. The van der Waals surface area contributed by atoms with Gasteiger partial charge in [-0.2, -0.15) is 0 Å². The number of ether oxygens (including phenoxy) is 1. The van der Waals surface area contributed by atoms with Crippen molar-refractivity contribution in [3.8, 4) is 5.75 Å². The summed E-state index contributed by atoms with van der Waals surface area (Å²) in [6.07, 6.45) is 2.56. The van der Waals surface area contributed by atoms with E-state index in [-0.39, 0.29) is 0 Å². The second-order valence-electron chi connectivity index (χ2n) is 6.76. The second-order valence-corrected chi connectivity index (χ2v) is 6.76. The summed E-state index contributed by atoms with van der Waals surface area (Å²) in [7, 11) is 1.70. The van der Waals surface area contributed by atoms with Gasteiger partial charge in [0.25, 0.3) is 0 Å². The van der Waals surface area contributed by atoms with Crippen molar-refractivity contribution in [3.63, 3.8) is 0 Å². The molecule has 2 rings (SSSR count). The van der Waals surface area contributed by atoms with Crippen LogP contribution in [0.25, 0.3) is 5.70 Å². The molecule has 0 aliphatic carbocycles. The van der Waals surface area contributed by atoms with E-state index in [4.69, 9.17) is 4.74 Å². The van der Waals surface area contributed by atoms with Gasteiger partial charge < -0.3 is 9.64 Å². The van der Waals surface area contributed by atoms with Crippen LogP contribution in [0.1, 0.15) is 39.2 Å². The van der Waals surface area contributed by atoms with Crippen molar-refractivity contribution >= 4 is 5.70 Å². The van der Waals surface area contributed by atoms with E-state index in [1.807, 2.05) is 12.1 Å². The third kappa shape index (κ3) is 3.36. The molecule has 1 fully saturated rings. The Bertz CT molecular complexity index is 463. The molecule has 1 heterocycles. The summed E-state index contributed by atoms with van der Waals surface area (Å²) in [6, 6.07) is 8.20. The predicted octanol–water partition coefficient (Wildman–Crippen LogP) is 4.42. The summed E-state index contributed by atoms with van der Waals surface area (Å²) in [4.78, 5) is 2.43. The lowest BCUT2D eigenvalue weighted by Crippen LogP contribution is -2.25. The standard InChI is InChI=1S/C18H27NO/c1-14(2)12-18(4)10-11-19(13-18)15(3)16-6-8-17(20-5)9-7-16/h6-9,14H,3,10-13H2,1-2,4-5H3. The van der Waals surface area contributed by atoms with E-state index in [9.17, 15) is 0 Å². The molecule has 1 aliphatic rings. The summed E-state index contributed by atoms with van der Waals surface area (Å²) in [5.74, 6) is 1.65. The molecule has 0 amide bonds. The highest BCUT2D eigenvalue weighted by molar-refractivity contribution is 5.62. The quantitative estimate of drug-likeness (QED) is 0.787. The first kappa shape index (κ1) is 15.0. The van der Waals surface area contributed by atoms with Crippen molar-refractivity contribution in [2.75, 3.05) is 20.2 Å². The van der Waals surface area contributed by atoms with Gasteiger partial charge in [0.1, 0.15) is 5.75 Å². The molecule has 0 spiro atoms. The minimum atomic E-state index is 0.434. The van der Waals surface area contributed by atoms with Crippen molar-refractivity contribution in [1.82, 2.24) is 4.90 Å². The summed E-state index contributed by atoms with van der Waals surface area (Å²) in [6.45, 7) is 13.6. The van der Waals surface area contributed by atoms with Gasteiger partial charge in [0.05, 0.1) is 7.11 Å². The fourth-order valence-electron chi connectivity index (χ4n) is 3.37. The van der Waals surface area contributed by atoms with Crippen LogP contribution in [-0.2, 0) is 0 Å². The smallest absolute Gasteiger partial charge is 0.118 e. The first-order valence-corrected chi connectivity index (χ1v) is 7.52. The second kappa shape index (κ2) is 5.90. The zero-order valence-electron chi connectivity index (χ0n) is 13.3. The normalized spacial score (nSPS) is 22.4. The third-order valence-corrected chi connectivity index (χ3v) is 4.26. The first-order valence-electron chi connectivity index (χ1n) is 7.52. The molecule has 0 saturated carbocycles. The van der Waals surface area contributed by atoms with Crippen LogP contribution in [0.5, 0.6) is 5.75 Å². The Labute approximate surface area is 123 Å². The molecule has 1 aromatic carbocycles. The largest absolute Gasteiger partial charge is 0.497 e. The van der Waals surface area contributed by atoms with Gasteiger partial charge in [-0.25, -0.2) is 0 Å². The van der Waals surface area contributed by atoms with Gasteiger partial charge in [-0.3, -0.25) is 0 Å². The molecule has 0 aromatic heterocycles. The lowest BCUT2D eigenvalue weighted by atomic mass is 9.81. The fourth-order valence-corrected chi connectivity index (χ4v) is 3.37. The van der Waals surface area contributed by atoms with Crippen molar-refractivity contribution in [3.05, 3.63) is 36.4 Å². The van der Waals surface area contributed by atoms with Crippen LogP contribution in [0.4, 0.5) is 0 Å². The number of nitrogens with zero attached hydrogens (tertiary/aromatic N) is 1. The van der Waals surface area contributed by atoms with Crippen LogP contribution in [0.15, 0.2) is 30.8 Å². The Morgan fingerprint density at radius 1 is 1.35 bits per heavy atom. The fraction of sp³-hybridized carbons (Fsp3) is 0.556. The zero-order valence-corrected chi connectivity index (χ0v) is 13.3. The highest BCUT2D eigenvalue weighted by Gasteiger charge is 2.34. The highest BCUT2D eigenvalue weighted by Crippen LogP contribution is 2.39. The summed E-state index contributed by atoms with van der Waals surface area (Å²) in [5.41, 5.74) is 2.77. The minimum absolute atomic E-state index is 0.434. The van der Waals surface area contributed by atoms with E-state index >= 15 is 0 Å². The average molecular weight is 273 g/mol. The maximum atomic E-state index is 5.21. The van der Waals surface area contributed by atoms with Crippen LogP contribution < -0.4 is 4.74 Å². The molecule has 0 N–H and O–H groups in total. The molecule has 1 saturated heterocycles. The van der Waals surface area contributed by atoms with Crippen LogP contribution in [0, 0.1) is 11.3 Å². The lowest BCUT2D eigenvalue weighted by Gasteiger charge is -2.28. The SMILES string of the molecule is C=C(c1ccc(OC)cc1)N1CCC(C)(CC(C)C)C1. The minimum Gasteiger partial charge on any atom is -0.497 e. The molecule has 1 aliphatic heterocycles. The van der Waals surface area contributed by atoms with Gasteiger partial charge in [-0.1, -0.05) is 27.4 Å². The van der Waals surface area contributed by atoms with Crippen LogP contribution in [-0.4, -0.2) is 25.1 Å². The maximum Gasteiger partial charge on any atom is 0.118 e. The Hall–Kier alpha value is -1.44. The number of benzene rings is 1. The van der Waals surface area contributed by atoms with E-state index in [1.54, 1.807) is 7.11 Å². The average Bonchev–Trinajstić information content (AvgIpc) is 2.79. The van der Waals surface area contributed by atoms with E-state index in [1.165, 1.54) is 18.4 Å². The number of hydrogen-bond donors (Lipinski definition) is 0. The summed E-state index contributed by atoms with van der Waals surface area (Å²) < 4.78 is 5.21. The number of methoxy groups -OCH3 is 1. The molecule has 110 valence electrons. The van der Waals surface area contributed by atoms with Crippen LogP contribution in [0.3, 0.4) is 0 Å². The van der Waals surface area contributed by atoms with Crippen molar-refractivity contribution in [2.24, 2.45) is 11.3 Å². The van der Waals surface area contributed by atoms with Crippen molar-refractivity contribution in [2.45, 2.75) is 33.6 Å². The summed E-state index contributed by atoms with van der Waals surface area (Å²) in [5, 5.41) is 0. The Morgan fingerprint density at radius 2 is 2.00 bits per heavy atom. The lowest BCUT2D eigenvalue weighted by molar-refractivity contribution is 0.267. The van der Waals surface area contributed by atoms with Gasteiger partial charge in [0.15, 0.2) is 0 Å². The van der Waals surface area contributed by atoms with Crippen molar-refractivity contribution < 1.29 is 4.74 Å². The topological polar surface area (TPSA) is 12.5 Å². The maximum absolute atomic E-state index is 5.21. The van der Waals surface area contributed by atoms with E-state index in [2.05, 4.69) is 44.4 Å². The molecule has 2 nitrogen and oxygen atoms in total. The summed E-state index contributed by atoms with van der Waals surface area (Å²) >= 11 is 0.